The van der Waals surface area contributed by atoms with Crippen LogP contribution in [0.3, 0.4) is 0 Å². The zero-order valence-corrected chi connectivity index (χ0v) is 36.9. The first-order valence-corrected chi connectivity index (χ1v) is 19.8. The smallest absolute Gasteiger partial charge is 0.548 e. The van der Waals surface area contributed by atoms with Crippen LogP contribution in [0.1, 0.15) is 121 Å². The maximum Gasteiger partial charge on any atom is 2.00 e. The van der Waals surface area contributed by atoms with Crippen molar-refractivity contribution in [1.29, 1.82) is 0 Å². The second-order valence-electron chi connectivity index (χ2n) is 13.1. The Bertz CT molecular complexity index is 1140. The largest absolute Gasteiger partial charge is 2.00 e. The van der Waals surface area contributed by atoms with Crippen LogP contribution in [0, 0.1) is 0 Å². The minimum absolute atomic E-state index is 0. The maximum absolute atomic E-state index is 10.9. The van der Waals surface area contributed by atoms with E-state index >= 15 is 0 Å². The van der Waals surface area contributed by atoms with E-state index in [1.807, 2.05) is 0 Å². The molecule has 284 valence electrons. The number of nitrogens with one attached hydrogen (secondary N) is 2. The standard InChI is InChI=1S/2C20H33NO3S.Ca/c2*1-15(2)8-6-9-16(3)10-7-11-17(4)12-13-25-14-19(20(23)24)21-18(5)22;/h2*8,10,12,19H,6-7,9,11,13-14H2,1-5H3,(H,21,22)(H,23,24);/q;;+2/p-2/b2*16-10+,17-12+;/t2*19-;/m11./s1. The van der Waals surface area contributed by atoms with Crippen molar-refractivity contribution in [2.45, 2.75) is 133 Å². The predicted octanol–water partition coefficient (Wildman–Crippen LogP) is 6.41. The third-order valence-electron chi connectivity index (χ3n) is 7.24. The summed E-state index contributed by atoms with van der Waals surface area (Å²) in [4.78, 5) is 43.7. The zero-order valence-electron chi connectivity index (χ0n) is 33.1. The van der Waals surface area contributed by atoms with Gasteiger partial charge in [-0.05, 0) is 107 Å². The normalized spacial score (nSPS) is 13.1. The Kier molecular flexibility index (Phi) is 35.8. The average Bonchev–Trinajstić information content (AvgIpc) is 2.99. The van der Waals surface area contributed by atoms with Gasteiger partial charge in [-0.3, -0.25) is 9.59 Å². The molecule has 0 saturated heterocycles. The minimum Gasteiger partial charge on any atom is -0.548 e. The number of aliphatic carboxylic acids is 2. The summed E-state index contributed by atoms with van der Waals surface area (Å²) < 4.78 is 0. The van der Waals surface area contributed by atoms with Gasteiger partial charge in [0.1, 0.15) is 0 Å². The van der Waals surface area contributed by atoms with Crippen molar-refractivity contribution < 1.29 is 29.4 Å². The molecule has 51 heavy (non-hydrogen) atoms. The van der Waals surface area contributed by atoms with Crippen LogP contribution in [-0.2, 0) is 19.2 Å². The van der Waals surface area contributed by atoms with Gasteiger partial charge in [-0.15, -0.1) is 0 Å². The Labute approximate surface area is 348 Å². The number of hydrogen-bond donors (Lipinski definition) is 2. The molecule has 0 aliphatic rings. The Balaban J connectivity index is -0.000000886. The summed E-state index contributed by atoms with van der Waals surface area (Å²) in [6, 6.07) is -1.86. The summed E-state index contributed by atoms with van der Waals surface area (Å²) in [5.74, 6) is -1.09. The van der Waals surface area contributed by atoms with Gasteiger partial charge in [0.2, 0.25) is 11.8 Å². The number of rotatable bonds is 24. The van der Waals surface area contributed by atoms with Crippen LogP contribution in [0.25, 0.3) is 0 Å². The van der Waals surface area contributed by atoms with Crippen LogP contribution in [0.4, 0.5) is 0 Å². The van der Waals surface area contributed by atoms with E-state index in [4.69, 9.17) is 0 Å². The molecule has 2 amide bonds. The number of amides is 2. The number of carboxylic acid groups (broad SMARTS) is 2. The molecule has 0 bridgehead atoms. The van der Waals surface area contributed by atoms with Gasteiger partial charge in [0.25, 0.3) is 0 Å². The molecule has 0 aromatic carbocycles. The summed E-state index contributed by atoms with van der Waals surface area (Å²) in [5, 5.41) is 26.6. The molecule has 11 heteroatoms. The molecule has 2 N–H and O–H groups in total. The van der Waals surface area contributed by atoms with Crippen LogP contribution in [0.2, 0.25) is 0 Å². The molecule has 8 nitrogen and oxygen atoms in total. The molecule has 0 rings (SSSR count). The van der Waals surface area contributed by atoms with Crippen LogP contribution in [0.15, 0.2) is 69.9 Å². The van der Waals surface area contributed by atoms with E-state index in [-0.39, 0.29) is 49.6 Å². The zero-order chi connectivity index (χ0) is 38.5. The Morgan fingerprint density at radius 2 is 0.765 bits per heavy atom. The Hall–Kier alpha value is -1.72. The number of carbonyl (C=O) groups is 4. The Morgan fingerprint density at radius 1 is 0.490 bits per heavy atom. The molecule has 0 spiro atoms. The minimum atomic E-state index is -1.24. The fourth-order valence-corrected chi connectivity index (χ4v) is 6.27. The van der Waals surface area contributed by atoms with Crippen LogP contribution >= 0.6 is 23.5 Å². The molecule has 0 aromatic rings. The molecule has 0 aliphatic heterocycles. The number of allylic oxidation sites excluding steroid dienone is 10. The molecule has 2 atom stereocenters. The van der Waals surface area contributed by atoms with Gasteiger partial charge < -0.3 is 30.4 Å². The quantitative estimate of drug-likeness (QED) is 0.0653. The summed E-state index contributed by atoms with van der Waals surface area (Å²) in [7, 11) is 0. The van der Waals surface area contributed by atoms with Gasteiger partial charge in [-0.25, -0.2) is 0 Å². The first-order chi connectivity index (χ1) is 23.4. The van der Waals surface area contributed by atoms with Gasteiger partial charge in [-0.2, -0.15) is 23.5 Å². The topological polar surface area (TPSA) is 138 Å². The van der Waals surface area contributed by atoms with Gasteiger partial charge in [0.05, 0.1) is 24.0 Å². The van der Waals surface area contributed by atoms with E-state index < -0.39 is 24.0 Å². The molecule has 0 aromatic heterocycles. The molecular formula is C40H64CaN2O6S2. The van der Waals surface area contributed by atoms with Crippen molar-refractivity contribution in [2.24, 2.45) is 0 Å². The van der Waals surface area contributed by atoms with E-state index in [1.165, 1.54) is 70.8 Å². The van der Waals surface area contributed by atoms with Gasteiger partial charge in [-0.1, -0.05) is 69.9 Å². The molecule has 0 aliphatic carbocycles. The monoisotopic (exact) mass is 772 g/mol. The molecule has 0 fully saturated rings. The number of hydrogen-bond acceptors (Lipinski definition) is 8. The maximum atomic E-state index is 10.9. The van der Waals surface area contributed by atoms with E-state index in [2.05, 4.69) is 102 Å². The van der Waals surface area contributed by atoms with Gasteiger partial charge in [0, 0.05) is 36.9 Å². The van der Waals surface area contributed by atoms with Crippen molar-refractivity contribution in [3.8, 4) is 0 Å². The molecule has 0 unspecified atom stereocenters. The molecule has 0 radical (unpaired) electrons. The first-order valence-electron chi connectivity index (χ1n) is 17.4. The SMILES string of the molecule is CC(=O)N[C@H](CSC/C=C(\C)CC/C=C(\C)CCC=C(C)C)C(=O)[O-].CC(=O)N[C@H](CSC/C=C(\C)CC/C=C(\C)CCC=C(C)C)C(=O)[O-].[Ca+2]. The number of thioether (sulfide) groups is 2. The van der Waals surface area contributed by atoms with Crippen LogP contribution in [0.5, 0.6) is 0 Å². The van der Waals surface area contributed by atoms with Crippen LogP contribution < -0.4 is 20.8 Å². The summed E-state index contributed by atoms with van der Waals surface area (Å²) >= 11 is 2.96. The van der Waals surface area contributed by atoms with E-state index in [0.29, 0.717) is 11.5 Å². The van der Waals surface area contributed by atoms with Crippen LogP contribution in [-0.4, -0.2) is 96.6 Å². The summed E-state index contributed by atoms with van der Waals surface area (Å²) in [6.07, 6.45) is 21.9. The van der Waals surface area contributed by atoms with Gasteiger partial charge >= 0.3 is 37.7 Å². The summed E-state index contributed by atoms with van der Waals surface area (Å²) in [5.41, 5.74) is 8.17. The van der Waals surface area contributed by atoms with Crippen molar-refractivity contribution in [1.82, 2.24) is 10.6 Å². The second-order valence-corrected chi connectivity index (χ2v) is 15.3. The fraction of sp³-hybridized carbons (Fsp3) is 0.600. The van der Waals surface area contributed by atoms with E-state index in [1.54, 1.807) is 0 Å². The first kappa shape index (κ1) is 53.6. The molecular weight excluding hydrogens is 709 g/mol. The number of carbonyl (C=O) groups excluding carboxylic acids is 4. The number of carboxylic acids is 2. The molecule has 0 saturated carbocycles. The van der Waals surface area contributed by atoms with Crippen molar-refractivity contribution in [2.75, 3.05) is 23.0 Å². The van der Waals surface area contributed by atoms with E-state index in [0.717, 1.165) is 62.9 Å². The second kappa shape index (κ2) is 34.1. The van der Waals surface area contributed by atoms with Crippen molar-refractivity contribution >= 4 is 85.0 Å². The van der Waals surface area contributed by atoms with E-state index in [9.17, 15) is 29.4 Å². The predicted molar refractivity (Wildman–Crippen MR) is 216 cm³/mol. The average molecular weight is 773 g/mol. The van der Waals surface area contributed by atoms with Crippen molar-refractivity contribution in [3.63, 3.8) is 0 Å². The van der Waals surface area contributed by atoms with Gasteiger partial charge in [0.15, 0.2) is 0 Å². The third-order valence-corrected chi connectivity index (χ3v) is 9.18. The fourth-order valence-electron chi connectivity index (χ4n) is 4.28. The molecule has 0 heterocycles. The Morgan fingerprint density at radius 3 is 1.02 bits per heavy atom. The third kappa shape index (κ3) is 37.8. The summed E-state index contributed by atoms with van der Waals surface area (Å²) in [6.45, 7) is 19.6. The van der Waals surface area contributed by atoms with Crippen molar-refractivity contribution in [3.05, 3.63) is 69.9 Å².